The topological polar surface area (TPSA) is 34.1 Å². The second-order valence-electron chi connectivity index (χ2n) is 7.25. The van der Waals surface area contributed by atoms with Crippen LogP contribution in [-0.4, -0.2) is 23.6 Å². The van der Waals surface area contributed by atoms with E-state index in [4.69, 9.17) is 14.6 Å². The van der Waals surface area contributed by atoms with E-state index in [1.54, 1.807) is 19.2 Å². The van der Waals surface area contributed by atoms with E-state index in [0.29, 0.717) is 0 Å². The Morgan fingerprint density at radius 2 is 1.92 bits per heavy atom. The number of nitrogens with zero attached hydrogens (tertiary/aromatic N) is 2. The smallest absolute Gasteiger partial charge is 0.198 e. The number of hydrogen-bond donors (Lipinski definition) is 0. The van der Waals surface area contributed by atoms with Gasteiger partial charge in [0.15, 0.2) is 17.2 Å². The van der Waals surface area contributed by atoms with Crippen LogP contribution in [0.1, 0.15) is 49.3 Å². The van der Waals surface area contributed by atoms with Crippen molar-refractivity contribution < 1.29 is 13.9 Å². The fourth-order valence-electron chi connectivity index (χ4n) is 4.51. The number of benzene rings is 2. The molecule has 4 nitrogen and oxygen atoms in total. The first-order valence-corrected chi connectivity index (χ1v) is 9.19. The molecule has 0 saturated heterocycles. The molecule has 1 aliphatic carbocycles. The number of hydrazone groups is 1. The van der Waals surface area contributed by atoms with Gasteiger partial charge in [0.25, 0.3) is 0 Å². The molecular formula is C21H21FN2O2. The largest absolute Gasteiger partial charge is 0.493 e. The number of halogens is 1. The highest BCUT2D eigenvalue weighted by Crippen LogP contribution is 2.54. The van der Waals surface area contributed by atoms with Gasteiger partial charge in [-0.1, -0.05) is 24.3 Å². The SMILES string of the molecule is COc1cccc2c1OC1(CCCC1)N1N=C(c3ccc(F)cc3)C[C@@H]21. The third kappa shape index (κ3) is 2.23. The lowest BCUT2D eigenvalue weighted by molar-refractivity contribution is -0.115. The third-order valence-electron chi connectivity index (χ3n) is 5.77. The Bertz CT molecular complexity index is 872. The number of rotatable bonds is 2. The van der Waals surface area contributed by atoms with Crippen molar-refractivity contribution in [3.05, 3.63) is 59.4 Å². The molecule has 5 heteroatoms. The van der Waals surface area contributed by atoms with Crippen LogP contribution >= 0.6 is 0 Å². The fraction of sp³-hybridized carbons (Fsp3) is 0.381. The zero-order chi connectivity index (χ0) is 17.7. The summed E-state index contributed by atoms with van der Waals surface area (Å²) in [5.74, 6) is 1.41. The molecular weight excluding hydrogens is 331 g/mol. The van der Waals surface area contributed by atoms with E-state index in [0.717, 1.165) is 60.4 Å². The van der Waals surface area contributed by atoms with Gasteiger partial charge in [-0.3, -0.25) is 0 Å². The van der Waals surface area contributed by atoms with Crippen LogP contribution in [0, 0.1) is 5.82 Å². The Morgan fingerprint density at radius 1 is 1.15 bits per heavy atom. The minimum absolute atomic E-state index is 0.131. The highest BCUT2D eigenvalue weighted by atomic mass is 19.1. The fourth-order valence-corrected chi connectivity index (χ4v) is 4.51. The molecule has 26 heavy (non-hydrogen) atoms. The van der Waals surface area contributed by atoms with E-state index in [2.05, 4.69) is 11.1 Å². The molecule has 0 bridgehead atoms. The zero-order valence-electron chi connectivity index (χ0n) is 14.7. The average molecular weight is 352 g/mol. The van der Waals surface area contributed by atoms with Crippen molar-refractivity contribution in [2.75, 3.05) is 7.11 Å². The molecule has 1 saturated carbocycles. The van der Waals surface area contributed by atoms with Crippen LogP contribution in [0.3, 0.4) is 0 Å². The van der Waals surface area contributed by atoms with Crippen molar-refractivity contribution in [2.24, 2.45) is 5.10 Å². The highest BCUT2D eigenvalue weighted by Gasteiger charge is 2.52. The molecule has 2 heterocycles. The molecule has 0 unspecified atom stereocenters. The van der Waals surface area contributed by atoms with Crippen molar-refractivity contribution in [1.82, 2.24) is 5.01 Å². The summed E-state index contributed by atoms with van der Waals surface area (Å²) in [4.78, 5) is 0. The first-order valence-electron chi connectivity index (χ1n) is 9.19. The molecule has 3 aliphatic rings. The van der Waals surface area contributed by atoms with Gasteiger partial charge >= 0.3 is 0 Å². The molecule has 1 spiro atoms. The summed E-state index contributed by atoms with van der Waals surface area (Å²) in [5.41, 5.74) is 2.68. The monoisotopic (exact) mass is 352 g/mol. The van der Waals surface area contributed by atoms with Gasteiger partial charge in [0.1, 0.15) is 5.82 Å². The second-order valence-corrected chi connectivity index (χ2v) is 7.25. The van der Waals surface area contributed by atoms with Crippen LogP contribution in [0.5, 0.6) is 11.5 Å². The van der Waals surface area contributed by atoms with Gasteiger partial charge in [-0.2, -0.15) is 5.10 Å². The van der Waals surface area contributed by atoms with Crippen LogP contribution in [0.15, 0.2) is 47.6 Å². The van der Waals surface area contributed by atoms with E-state index < -0.39 is 5.72 Å². The van der Waals surface area contributed by atoms with Gasteiger partial charge in [-0.05, 0) is 36.6 Å². The summed E-state index contributed by atoms with van der Waals surface area (Å²) in [6.07, 6.45) is 4.98. The van der Waals surface area contributed by atoms with Crippen molar-refractivity contribution >= 4 is 5.71 Å². The summed E-state index contributed by atoms with van der Waals surface area (Å²) in [7, 11) is 1.68. The second kappa shape index (κ2) is 5.73. The average Bonchev–Trinajstić information content (AvgIpc) is 3.31. The molecule has 0 amide bonds. The van der Waals surface area contributed by atoms with Gasteiger partial charge in [-0.25, -0.2) is 9.40 Å². The molecule has 0 radical (unpaired) electrons. The lowest BCUT2D eigenvalue weighted by Gasteiger charge is -2.46. The minimum atomic E-state index is -0.395. The minimum Gasteiger partial charge on any atom is -0.493 e. The van der Waals surface area contributed by atoms with Crippen LogP contribution in [0.4, 0.5) is 4.39 Å². The Hall–Kier alpha value is -2.56. The predicted octanol–water partition coefficient (Wildman–Crippen LogP) is 4.65. The van der Waals surface area contributed by atoms with Crippen molar-refractivity contribution in [1.29, 1.82) is 0 Å². The molecule has 2 aromatic rings. The predicted molar refractivity (Wildman–Crippen MR) is 97.0 cm³/mol. The van der Waals surface area contributed by atoms with E-state index in [1.807, 2.05) is 12.1 Å². The van der Waals surface area contributed by atoms with Gasteiger partial charge < -0.3 is 9.47 Å². The lowest BCUT2D eigenvalue weighted by atomic mass is 9.93. The molecule has 0 aromatic heterocycles. The van der Waals surface area contributed by atoms with Crippen LogP contribution in [0.2, 0.25) is 0 Å². The summed E-state index contributed by atoms with van der Waals surface area (Å²) < 4.78 is 25.4. The van der Waals surface area contributed by atoms with Crippen LogP contribution in [-0.2, 0) is 0 Å². The van der Waals surface area contributed by atoms with E-state index >= 15 is 0 Å². The number of para-hydroxylation sites is 1. The summed E-state index contributed by atoms with van der Waals surface area (Å²) in [5, 5.41) is 7.13. The first-order chi connectivity index (χ1) is 12.7. The Labute approximate surface area is 152 Å². The molecule has 1 fully saturated rings. The maximum absolute atomic E-state index is 13.3. The quantitative estimate of drug-likeness (QED) is 0.789. The first kappa shape index (κ1) is 15.7. The highest BCUT2D eigenvalue weighted by molar-refractivity contribution is 6.02. The standard InChI is InChI=1S/C21H21FN2O2/c1-25-19-6-4-5-16-18-13-17(14-7-9-15(22)10-8-14)23-24(18)21(26-20(16)19)11-2-3-12-21/h4-10,18H,2-3,11-13H2,1H3/t18-/m0/s1. The molecule has 2 aromatic carbocycles. The molecule has 134 valence electrons. The summed E-state index contributed by atoms with van der Waals surface area (Å²) in [6.45, 7) is 0. The number of methoxy groups -OCH3 is 1. The summed E-state index contributed by atoms with van der Waals surface area (Å²) in [6, 6.07) is 12.8. The van der Waals surface area contributed by atoms with Crippen molar-refractivity contribution in [3.8, 4) is 11.5 Å². The van der Waals surface area contributed by atoms with Crippen LogP contribution in [0.25, 0.3) is 0 Å². The van der Waals surface area contributed by atoms with E-state index in [9.17, 15) is 4.39 Å². The van der Waals surface area contributed by atoms with Crippen molar-refractivity contribution in [3.63, 3.8) is 0 Å². The van der Waals surface area contributed by atoms with E-state index in [-0.39, 0.29) is 11.9 Å². The van der Waals surface area contributed by atoms with Gasteiger partial charge in [0.05, 0.1) is 18.9 Å². The Balaban J connectivity index is 1.61. The molecule has 5 rings (SSSR count). The Morgan fingerprint density at radius 3 is 2.65 bits per heavy atom. The van der Waals surface area contributed by atoms with Crippen LogP contribution < -0.4 is 9.47 Å². The Kier molecular flexibility index (Phi) is 3.45. The van der Waals surface area contributed by atoms with Gasteiger partial charge in [-0.15, -0.1) is 0 Å². The maximum atomic E-state index is 13.3. The molecule has 2 aliphatic heterocycles. The lowest BCUT2D eigenvalue weighted by Crippen LogP contribution is -2.51. The van der Waals surface area contributed by atoms with Gasteiger partial charge in [0.2, 0.25) is 0 Å². The normalized spacial score (nSPS) is 22.6. The summed E-state index contributed by atoms with van der Waals surface area (Å²) >= 11 is 0. The van der Waals surface area contributed by atoms with E-state index in [1.165, 1.54) is 12.1 Å². The number of ether oxygens (including phenoxy) is 2. The number of fused-ring (bicyclic) bond motifs is 4. The maximum Gasteiger partial charge on any atom is 0.198 e. The molecule has 0 N–H and O–H groups in total. The molecule has 1 atom stereocenters. The number of hydrogen-bond acceptors (Lipinski definition) is 4. The third-order valence-corrected chi connectivity index (χ3v) is 5.77. The zero-order valence-corrected chi connectivity index (χ0v) is 14.7. The van der Waals surface area contributed by atoms with Gasteiger partial charge in [0, 0.05) is 24.8 Å². The van der Waals surface area contributed by atoms with Crippen molar-refractivity contribution in [2.45, 2.75) is 43.9 Å².